The average Bonchev–Trinajstić information content (AvgIpc) is 2.81. The predicted octanol–water partition coefficient (Wildman–Crippen LogP) is 5.18. The minimum absolute atomic E-state index is 0.0843. The van der Waals surface area contributed by atoms with Crippen LogP contribution in [0.15, 0.2) is 30.4 Å². The molecule has 144 valence electrons. The number of hydrogen-bond donors (Lipinski definition) is 2. The van der Waals surface area contributed by atoms with Gasteiger partial charge in [0.05, 0.1) is 12.7 Å². The van der Waals surface area contributed by atoms with Crippen LogP contribution in [-0.4, -0.2) is 34.3 Å². The lowest BCUT2D eigenvalue weighted by atomic mass is 9.92. The van der Waals surface area contributed by atoms with Crippen molar-refractivity contribution in [1.29, 1.82) is 0 Å². The minimum Gasteiger partial charge on any atom is -0.493 e. The Balaban J connectivity index is 1.88. The lowest BCUT2D eigenvalue weighted by Gasteiger charge is -2.22. The molecule has 0 saturated heterocycles. The highest BCUT2D eigenvalue weighted by Crippen LogP contribution is 2.39. The fraction of sp³-hybridized carbons (Fsp3) is 0.526. The van der Waals surface area contributed by atoms with Crippen LogP contribution in [0.5, 0.6) is 5.75 Å². The summed E-state index contributed by atoms with van der Waals surface area (Å²) in [6.45, 7) is 0.332. The first-order valence-electron chi connectivity index (χ1n) is 8.64. The first kappa shape index (κ1) is 21.4. The van der Waals surface area contributed by atoms with Crippen molar-refractivity contribution in [2.45, 2.75) is 43.6 Å². The molecule has 7 heteroatoms. The molecule has 2 N–H and O–H groups in total. The molecule has 0 heterocycles. The van der Waals surface area contributed by atoms with E-state index < -0.39 is 12.1 Å². The van der Waals surface area contributed by atoms with E-state index in [2.05, 4.69) is 0 Å². The number of unbranched alkanes of at least 4 members (excludes halogenated alkanes) is 1. The molecule has 0 radical (unpaired) electrons. The monoisotopic (exact) mass is 420 g/mol. The van der Waals surface area contributed by atoms with Crippen LogP contribution in [0.25, 0.3) is 0 Å². The van der Waals surface area contributed by atoms with Crippen molar-refractivity contribution in [2.75, 3.05) is 6.61 Å². The van der Waals surface area contributed by atoms with Gasteiger partial charge in [-0.2, -0.15) is 0 Å². The molecule has 4 nitrogen and oxygen atoms in total. The topological polar surface area (TPSA) is 66.8 Å². The van der Waals surface area contributed by atoms with Gasteiger partial charge in [0.25, 0.3) is 0 Å². The van der Waals surface area contributed by atoms with Gasteiger partial charge in [-0.05, 0) is 49.8 Å². The van der Waals surface area contributed by atoms with Gasteiger partial charge in [-0.15, -0.1) is 11.6 Å². The molecule has 1 aliphatic rings. The SMILES string of the molecule is O=C(O)CCC/C=C\C[C@@H]1C(COc2cc(Cl)cc(Cl)c2)[C@H](O)C[C@H]1Cl. The molecular weight excluding hydrogens is 399 g/mol. The highest BCUT2D eigenvalue weighted by Gasteiger charge is 2.41. The van der Waals surface area contributed by atoms with Gasteiger partial charge < -0.3 is 14.9 Å². The van der Waals surface area contributed by atoms with Gasteiger partial charge in [-0.3, -0.25) is 4.79 Å². The smallest absolute Gasteiger partial charge is 0.303 e. The quantitative estimate of drug-likeness (QED) is 0.327. The van der Waals surface area contributed by atoms with Gasteiger partial charge in [-0.1, -0.05) is 35.4 Å². The van der Waals surface area contributed by atoms with Gasteiger partial charge in [0, 0.05) is 27.8 Å². The van der Waals surface area contributed by atoms with Crippen molar-refractivity contribution >= 4 is 40.8 Å². The Bertz CT molecular complexity index is 615. The van der Waals surface area contributed by atoms with E-state index in [4.69, 9.17) is 44.6 Å². The summed E-state index contributed by atoms with van der Waals surface area (Å²) in [5.41, 5.74) is 0. The molecule has 26 heavy (non-hydrogen) atoms. The fourth-order valence-corrected chi connectivity index (χ4v) is 4.22. The lowest BCUT2D eigenvalue weighted by Crippen LogP contribution is -2.27. The molecule has 0 aromatic heterocycles. The van der Waals surface area contributed by atoms with E-state index in [-0.39, 0.29) is 23.6 Å². The number of carboxylic acid groups (broad SMARTS) is 1. The number of carboxylic acids is 1. The molecule has 0 amide bonds. The summed E-state index contributed by atoms with van der Waals surface area (Å²) in [6.07, 6.45) is 6.24. The van der Waals surface area contributed by atoms with Gasteiger partial charge in [0.2, 0.25) is 0 Å². The maximum atomic E-state index is 10.5. The molecule has 1 fully saturated rings. The number of aliphatic carboxylic acids is 1. The third-order valence-electron chi connectivity index (χ3n) is 4.59. The third-order valence-corrected chi connectivity index (χ3v) is 5.53. The molecule has 2 rings (SSSR count). The predicted molar refractivity (Wildman–Crippen MR) is 104 cm³/mol. The second kappa shape index (κ2) is 10.4. The molecule has 4 atom stereocenters. The third kappa shape index (κ3) is 6.66. The fourth-order valence-electron chi connectivity index (χ4n) is 3.24. The van der Waals surface area contributed by atoms with Crippen LogP contribution in [0.1, 0.15) is 32.1 Å². The second-order valence-corrected chi connectivity index (χ2v) is 7.99. The number of allylic oxidation sites excluding steroid dienone is 2. The Morgan fingerprint density at radius 2 is 1.88 bits per heavy atom. The van der Waals surface area contributed by atoms with E-state index in [1.165, 1.54) is 0 Å². The lowest BCUT2D eigenvalue weighted by molar-refractivity contribution is -0.137. The largest absolute Gasteiger partial charge is 0.493 e. The van der Waals surface area contributed by atoms with Crippen LogP contribution in [0, 0.1) is 11.8 Å². The van der Waals surface area contributed by atoms with E-state index in [9.17, 15) is 9.90 Å². The second-order valence-electron chi connectivity index (χ2n) is 6.56. The molecule has 0 spiro atoms. The number of ether oxygens (including phenoxy) is 1. The highest BCUT2D eigenvalue weighted by molar-refractivity contribution is 6.34. The molecular formula is C19H23Cl3O4. The molecule has 1 saturated carbocycles. The average molecular weight is 422 g/mol. The minimum atomic E-state index is -0.781. The first-order valence-corrected chi connectivity index (χ1v) is 9.84. The van der Waals surface area contributed by atoms with Crippen LogP contribution < -0.4 is 4.74 Å². The summed E-state index contributed by atoms with van der Waals surface area (Å²) in [5.74, 6) is -0.205. The Morgan fingerprint density at radius 3 is 2.54 bits per heavy atom. The summed E-state index contributed by atoms with van der Waals surface area (Å²) >= 11 is 18.4. The molecule has 0 aliphatic heterocycles. The first-order chi connectivity index (χ1) is 12.4. The summed E-state index contributed by atoms with van der Waals surface area (Å²) in [7, 11) is 0. The zero-order chi connectivity index (χ0) is 19.1. The number of hydrogen-bond acceptors (Lipinski definition) is 3. The molecule has 1 unspecified atom stereocenters. The van der Waals surface area contributed by atoms with Crippen LogP contribution in [0.2, 0.25) is 10.0 Å². The Morgan fingerprint density at radius 1 is 1.19 bits per heavy atom. The Labute approximate surface area is 168 Å². The number of aliphatic hydroxyl groups excluding tert-OH is 1. The number of carbonyl (C=O) groups is 1. The van der Waals surface area contributed by atoms with Crippen molar-refractivity contribution in [3.63, 3.8) is 0 Å². The van der Waals surface area contributed by atoms with Crippen molar-refractivity contribution in [1.82, 2.24) is 0 Å². The van der Waals surface area contributed by atoms with E-state index in [1.807, 2.05) is 12.2 Å². The van der Waals surface area contributed by atoms with E-state index in [0.717, 1.165) is 12.8 Å². The summed E-state index contributed by atoms with van der Waals surface area (Å²) in [4.78, 5) is 10.5. The molecule has 0 bridgehead atoms. The normalized spacial score (nSPS) is 25.7. The van der Waals surface area contributed by atoms with Crippen LogP contribution in [0.3, 0.4) is 0 Å². The van der Waals surface area contributed by atoms with E-state index in [0.29, 0.717) is 35.2 Å². The molecule has 1 aromatic carbocycles. The number of alkyl halides is 1. The maximum absolute atomic E-state index is 10.5. The highest BCUT2D eigenvalue weighted by atomic mass is 35.5. The molecule has 1 aliphatic carbocycles. The zero-order valence-electron chi connectivity index (χ0n) is 14.3. The van der Waals surface area contributed by atoms with Crippen molar-refractivity contribution in [3.8, 4) is 5.75 Å². The van der Waals surface area contributed by atoms with Gasteiger partial charge >= 0.3 is 5.97 Å². The van der Waals surface area contributed by atoms with Crippen molar-refractivity contribution in [3.05, 3.63) is 40.4 Å². The van der Waals surface area contributed by atoms with Crippen LogP contribution in [-0.2, 0) is 4.79 Å². The van der Waals surface area contributed by atoms with E-state index in [1.54, 1.807) is 18.2 Å². The Hall–Kier alpha value is -0.940. The van der Waals surface area contributed by atoms with Crippen molar-refractivity contribution < 1.29 is 19.7 Å². The van der Waals surface area contributed by atoms with Crippen molar-refractivity contribution in [2.24, 2.45) is 11.8 Å². The zero-order valence-corrected chi connectivity index (χ0v) is 16.6. The Kier molecular flexibility index (Phi) is 8.55. The standard InChI is InChI=1S/C19H23Cl3O4/c20-12-7-13(21)9-14(8-12)26-11-16-15(17(22)10-18(16)23)5-3-1-2-4-6-19(24)25/h1,3,7-9,15-18,23H,2,4-6,10-11H2,(H,24,25)/b3-1-/t15-,16?,17-,18-/m1/s1. The molecule has 1 aromatic rings. The summed E-state index contributed by atoms with van der Waals surface area (Å²) < 4.78 is 5.79. The number of benzene rings is 1. The van der Waals surface area contributed by atoms with Gasteiger partial charge in [0.15, 0.2) is 0 Å². The summed E-state index contributed by atoms with van der Waals surface area (Å²) in [6, 6.07) is 5.00. The van der Waals surface area contributed by atoms with Crippen LogP contribution in [0.4, 0.5) is 0 Å². The number of rotatable bonds is 9. The van der Waals surface area contributed by atoms with Crippen LogP contribution >= 0.6 is 34.8 Å². The number of aliphatic hydroxyl groups is 1. The van der Waals surface area contributed by atoms with Gasteiger partial charge in [-0.25, -0.2) is 0 Å². The summed E-state index contributed by atoms with van der Waals surface area (Å²) in [5, 5.41) is 19.8. The maximum Gasteiger partial charge on any atom is 0.303 e. The number of halogens is 3. The van der Waals surface area contributed by atoms with Gasteiger partial charge in [0.1, 0.15) is 5.75 Å². The van der Waals surface area contributed by atoms with E-state index >= 15 is 0 Å².